The lowest BCUT2D eigenvalue weighted by Gasteiger charge is -2.09. The maximum atomic E-state index is 13.9. The molecule has 3 aromatic carbocycles. The zero-order valence-corrected chi connectivity index (χ0v) is 14.5. The molecular weight excluding hydrogens is 387 g/mol. The summed E-state index contributed by atoms with van der Waals surface area (Å²) in [5, 5.41) is 2.21. The van der Waals surface area contributed by atoms with Crippen LogP contribution in [0.3, 0.4) is 0 Å². The molecule has 25 heavy (non-hydrogen) atoms. The topological polar surface area (TPSA) is 39.4 Å². The molecule has 0 amide bonds. The molecule has 0 bridgehead atoms. The SMILES string of the molecule is O=c1oc2cc(OCc3ccc(Br)cc3F)ccc2c2ccccc12. The van der Waals surface area contributed by atoms with Gasteiger partial charge in [0, 0.05) is 21.5 Å². The largest absolute Gasteiger partial charge is 0.489 e. The Hall–Kier alpha value is -2.66. The van der Waals surface area contributed by atoms with Crippen molar-refractivity contribution in [3.05, 3.63) is 86.9 Å². The van der Waals surface area contributed by atoms with Crippen LogP contribution in [-0.4, -0.2) is 0 Å². The van der Waals surface area contributed by atoms with Crippen LogP contribution in [0, 0.1) is 5.82 Å². The number of fused-ring (bicyclic) bond motifs is 3. The van der Waals surface area contributed by atoms with Gasteiger partial charge < -0.3 is 9.15 Å². The highest BCUT2D eigenvalue weighted by atomic mass is 79.9. The van der Waals surface area contributed by atoms with Gasteiger partial charge in [-0.2, -0.15) is 0 Å². The molecule has 0 fully saturated rings. The fourth-order valence-electron chi connectivity index (χ4n) is 2.75. The molecule has 124 valence electrons. The molecule has 1 aromatic heterocycles. The summed E-state index contributed by atoms with van der Waals surface area (Å²) in [5.41, 5.74) is 0.500. The summed E-state index contributed by atoms with van der Waals surface area (Å²) in [6.45, 7) is 0.0857. The highest BCUT2D eigenvalue weighted by Crippen LogP contribution is 2.27. The van der Waals surface area contributed by atoms with E-state index in [0.717, 1.165) is 10.8 Å². The number of rotatable bonds is 3. The zero-order chi connectivity index (χ0) is 17.4. The molecule has 5 heteroatoms. The van der Waals surface area contributed by atoms with Gasteiger partial charge in [0.05, 0.1) is 5.39 Å². The molecule has 4 aromatic rings. The normalized spacial score (nSPS) is 11.1. The Morgan fingerprint density at radius 3 is 2.56 bits per heavy atom. The Morgan fingerprint density at radius 2 is 1.76 bits per heavy atom. The Labute approximate surface area is 150 Å². The standard InChI is InChI=1S/C20H12BrFO3/c21-13-6-5-12(18(22)9-13)11-24-14-7-8-16-15-3-1-2-4-17(15)20(23)25-19(16)10-14/h1-10H,11H2. The van der Waals surface area contributed by atoms with Crippen molar-refractivity contribution in [2.24, 2.45) is 0 Å². The van der Waals surface area contributed by atoms with E-state index < -0.39 is 0 Å². The van der Waals surface area contributed by atoms with E-state index >= 15 is 0 Å². The van der Waals surface area contributed by atoms with Crippen LogP contribution in [0.15, 0.2) is 74.3 Å². The minimum Gasteiger partial charge on any atom is -0.489 e. The van der Waals surface area contributed by atoms with E-state index in [2.05, 4.69) is 15.9 Å². The van der Waals surface area contributed by atoms with Gasteiger partial charge >= 0.3 is 5.63 Å². The lowest BCUT2D eigenvalue weighted by atomic mass is 10.1. The fraction of sp³-hybridized carbons (Fsp3) is 0.0500. The van der Waals surface area contributed by atoms with E-state index in [9.17, 15) is 9.18 Å². The lowest BCUT2D eigenvalue weighted by molar-refractivity contribution is 0.300. The summed E-state index contributed by atoms with van der Waals surface area (Å²) in [7, 11) is 0. The summed E-state index contributed by atoms with van der Waals surface area (Å²) >= 11 is 3.22. The van der Waals surface area contributed by atoms with Crippen molar-refractivity contribution in [3.63, 3.8) is 0 Å². The first-order valence-corrected chi connectivity index (χ1v) is 8.43. The van der Waals surface area contributed by atoms with Crippen molar-refractivity contribution < 1.29 is 13.5 Å². The molecule has 4 rings (SSSR count). The highest BCUT2D eigenvalue weighted by Gasteiger charge is 2.09. The van der Waals surface area contributed by atoms with Gasteiger partial charge in [0.15, 0.2) is 0 Å². The molecule has 0 saturated carbocycles. The van der Waals surface area contributed by atoms with Crippen LogP contribution in [0.1, 0.15) is 5.56 Å². The average molecular weight is 399 g/mol. The van der Waals surface area contributed by atoms with Gasteiger partial charge in [0.2, 0.25) is 0 Å². The molecular formula is C20H12BrFO3. The number of hydrogen-bond acceptors (Lipinski definition) is 3. The van der Waals surface area contributed by atoms with Gasteiger partial charge in [-0.15, -0.1) is 0 Å². The smallest absolute Gasteiger partial charge is 0.344 e. The van der Waals surface area contributed by atoms with Crippen LogP contribution < -0.4 is 10.4 Å². The molecule has 1 heterocycles. The number of halogens is 2. The van der Waals surface area contributed by atoms with Gasteiger partial charge in [-0.05, 0) is 35.7 Å². The van der Waals surface area contributed by atoms with Crippen LogP contribution >= 0.6 is 15.9 Å². The summed E-state index contributed by atoms with van der Waals surface area (Å²) in [5.74, 6) is 0.168. The monoisotopic (exact) mass is 398 g/mol. The lowest BCUT2D eigenvalue weighted by Crippen LogP contribution is -2.01. The maximum absolute atomic E-state index is 13.9. The van der Waals surface area contributed by atoms with E-state index in [1.54, 1.807) is 36.4 Å². The second-order valence-electron chi connectivity index (χ2n) is 5.62. The third-order valence-corrected chi connectivity index (χ3v) is 4.50. The molecule has 0 aliphatic carbocycles. The first kappa shape index (κ1) is 15.8. The quantitative estimate of drug-likeness (QED) is 0.341. The Morgan fingerprint density at radius 1 is 0.960 bits per heavy atom. The minimum absolute atomic E-state index is 0.0857. The maximum Gasteiger partial charge on any atom is 0.344 e. The molecule has 0 atom stereocenters. The van der Waals surface area contributed by atoms with Gasteiger partial charge in [-0.25, -0.2) is 9.18 Å². The van der Waals surface area contributed by atoms with E-state index in [0.29, 0.717) is 26.8 Å². The molecule has 0 N–H and O–H groups in total. The van der Waals surface area contributed by atoms with E-state index in [1.165, 1.54) is 6.07 Å². The molecule has 0 aliphatic rings. The van der Waals surface area contributed by atoms with Gasteiger partial charge in [0.1, 0.15) is 23.8 Å². The Balaban J connectivity index is 1.69. The summed E-state index contributed by atoms with van der Waals surface area (Å²) in [4.78, 5) is 12.1. The molecule has 0 saturated heterocycles. The predicted octanol–water partition coefficient (Wildman–Crippen LogP) is 5.43. The highest BCUT2D eigenvalue weighted by molar-refractivity contribution is 9.10. The van der Waals surface area contributed by atoms with E-state index in [-0.39, 0.29) is 18.0 Å². The molecule has 3 nitrogen and oxygen atoms in total. The first-order valence-electron chi connectivity index (χ1n) is 7.64. The second-order valence-corrected chi connectivity index (χ2v) is 6.53. The minimum atomic E-state index is -0.390. The second kappa shape index (κ2) is 6.33. The predicted molar refractivity (Wildman–Crippen MR) is 98.4 cm³/mol. The van der Waals surface area contributed by atoms with Crippen molar-refractivity contribution in [1.29, 1.82) is 0 Å². The Kier molecular flexibility index (Phi) is 4.01. The molecule has 0 radical (unpaired) electrons. The third kappa shape index (κ3) is 3.03. The number of ether oxygens (including phenoxy) is 1. The molecule has 0 unspecified atom stereocenters. The molecule has 0 aliphatic heterocycles. The van der Waals surface area contributed by atoms with E-state index in [1.807, 2.05) is 18.2 Å². The van der Waals surface area contributed by atoms with Crippen molar-refractivity contribution in [2.75, 3.05) is 0 Å². The van der Waals surface area contributed by atoms with Crippen LogP contribution in [0.25, 0.3) is 21.7 Å². The van der Waals surface area contributed by atoms with Crippen LogP contribution in [0.2, 0.25) is 0 Å². The van der Waals surface area contributed by atoms with Gasteiger partial charge in [-0.3, -0.25) is 0 Å². The average Bonchev–Trinajstić information content (AvgIpc) is 2.61. The fourth-order valence-corrected chi connectivity index (χ4v) is 3.08. The van der Waals surface area contributed by atoms with Crippen molar-refractivity contribution >= 4 is 37.7 Å². The number of hydrogen-bond donors (Lipinski definition) is 0. The summed E-state index contributed by atoms with van der Waals surface area (Å²) in [6.07, 6.45) is 0. The first-order chi connectivity index (χ1) is 12.1. The summed E-state index contributed by atoms with van der Waals surface area (Å²) in [6, 6.07) is 17.4. The van der Waals surface area contributed by atoms with Crippen molar-refractivity contribution in [1.82, 2.24) is 0 Å². The van der Waals surface area contributed by atoms with E-state index in [4.69, 9.17) is 9.15 Å². The Bertz CT molecular complexity index is 1150. The van der Waals surface area contributed by atoms with Gasteiger partial charge in [0.25, 0.3) is 0 Å². The van der Waals surface area contributed by atoms with Crippen LogP contribution in [0.5, 0.6) is 5.75 Å². The summed E-state index contributed by atoms with van der Waals surface area (Å²) < 4.78 is 25.6. The third-order valence-electron chi connectivity index (χ3n) is 4.00. The van der Waals surface area contributed by atoms with Crippen LogP contribution in [-0.2, 0) is 6.61 Å². The zero-order valence-electron chi connectivity index (χ0n) is 13.0. The van der Waals surface area contributed by atoms with Gasteiger partial charge in [-0.1, -0.05) is 40.2 Å². The van der Waals surface area contributed by atoms with Crippen molar-refractivity contribution in [2.45, 2.75) is 6.61 Å². The van der Waals surface area contributed by atoms with Crippen LogP contribution in [0.4, 0.5) is 4.39 Å². The molecule has 0 spiro atoms. The van der Waals surface area contributed by atoms with Crippen molar-refractivity contribution in [3.8, 4) is 5.75 Å². The number of benzene rings is 3.